The largest absolute Gasteiger partial charge is 0.411 e. The third-order valence-corrected chi connectivity index (χ3v) is 2.71. The van der Waals surface area contributed by atoms with E-state index in [0.717, 1.165) is 5.56 Å². The Bertz CT molecular complexity index is 778. The zero-order valence-corrected chi connectivity index (χ0v) is 10.3. The number of nitrogens with zero attached hydrogens (tertiary/aromatic N) is 1. The summed E-state index contributed by atoms with van der Waals surface area (Å²) in [6.07, 6.45) is -0.0486. The van der Waals surface area contributed by atoms with Gasteiger partial charge in [-0.05, 0) is 31.2 Å². The van der Waals surface area contributed by atoms with Crippen LogP contribution >= 0.6 is 0 Å². The van der Waals surface area contributed by atoms with Gasteiger partial charge in [0.15, 0.2) is 0 Å². The lowest BCUT2D eigenvalue weighted by atomic mass is 10.2. The third-order valence-electron chi connectivity index (χ3n) is 2.71. The fourth-order valence-corrected chi connectivity index (χ4v) is 1.80. The summed E-state index contributed by atoms with van der Waals surface area (Å²) in [4.78, 5) is 16.0. The highest BCUT2D eigenvalue weighted by atomic mass is 16.6. The van der Waals surface area contributed by atoms with Crippen molar-refractivity contribution < 1.29 is 9.15 Å². The lowest BCUT2D eigenvalue weighted by Gasteiger charge is -2.03. The zero-order chi connectivity index (χ0) is 13.2. The predicted octanol–water partition coefficient (Wildman–Crippen LogP) is 3.29. The standard InChI is InChI=1S/C15H11NO3/c1-10-7-8-13-12(9-10)14(17)19-15(16-13)18-11-5-3-2-4-6-11/h2-9H,1H3. The van der Waals surface area contributed by atoms with Crippen molar-refractivity contribution in [1.29, 1.82) is 0 Å². The molecule has 0 unspecified atom stereocenters. The van der Waals surface area contributed by atoms with Crippen molar-refractivity contribution in [3.63, 3.8) is 0 Å². The number of benzene rings is 2. The Balaban J connectivity index is 2.07. The van der Waals surface area contributed by atoms with Gasteiger partial charge in [0.05, 0.1) is 10.9 Å². The van der Waals surface area contributed by atoms with Gasteiger partial charge in [-0.25, -0.2) is 4.79 Å². The minimum atomic E-state index is -0.445. The van der Waals surface area contributed by atoms with Crippen LogP contribution in [0, 0.1) is 6.92 Å². The summed E-state index contributed by atoms with van der Waals surface area (Å²) >= 11 is 0. The normalized spacial score (nSPS) is 10.6. The number of aryl methyl sites for hydroxylation is 1. The van der Waals surface area contributed by atoms with Crippen LogP contribution in [0.1, 0.15) is 5.56 Å². The van der Waals surface area contributed by atoms with E-state index >= 15 is 0 Å². The van der Waals surface area contributed by atoms with E-state index in [9.17, 15) is 4.79 Å². The van der Waals surface area contributed by atoms with Crippen LogP contribution in [0.5, 0.6) is 11.8 Å². The summed E-state index contributed by atoms with van der Waals surface area (Å²) in [5.41, 5.74) is 1.10. The van der Waals surface area contributed by atoms with Crippen LogP contribution in [0.25, 0.3) is 10.9 Å². The molecule has 0 saturated carbocycles. The molecule has 19 heavy (non-hydrogen) atoms. The topological polar surface area (TPSA) is 52.3 Å². The summed E-state index contributed by atoms with van der Waals surface area (Å²) < 4.78 is 10.5. The molecule has 1 aromatic heterocycles. The molecule has 0 aliphatic carbocycles. The molecular weight excluding hydrogens is 242 g/mol. The molecule has 0 fully saturated rings. The minimum Gasteiger partial charge on any atom is -0.411 e. The quantitative estimate of drug-likeness (QED) is 0.703. The first kappa shape index (κ1) is 11.5. The van der Waals surface area contributed by atoms with Gasteiger partial charge in [0.1, 0.15) is 5.75 Å². The molecule has 4 nitrogen and oxygen atoms in total. The maximum absolute atomic E-state index is 11.9. The highest BCUT2D eigenvalue weighted by Gasteiger charge is 2.08. The summed E-state index contributed by atoms with van der Waals surface area (Å²) in [7, 11) is 0. The molecular formula is C15H11NO3. The molecule has 0 bridgehead atoms. The van der Waals surface area contributed by atoms with Gasteiger partial charge in [0.25, 0.3) is 0 Å². The van der Waals surface area contributed by atoms with Crippen LogP contribution in [0.15, 0.2) is 57.7 Å². The number of rotatable bonds is 2. The number of hydrogen-bond acceptors (Lipinski definition) is 4. The Morgan fingerprint density at radius 3 is 2.68 bits per heavy atom. The van der Waals surface area contributed by atoms with Crippen molar-refractivity contribution in [1.82, 2.24) is 4.98 Å². The number of fused-ring (bicyclic) bond motifs is 1. The van der Waals surface area contributed by atoms with Crippen molar-refractivity contribution in [3.8, 4) is 11.8 Å². The van der Waals surface area contributed by atoms with Crippen molar-refractivity contribution in [2.75, 3.05) is 0 Å². The van der Waals surface area contributed by atoms with Crippen LogP contribution in [0.4, 0.5) is 0 Å². The van der Waals surface area contributed by atoms with E-state index in [2.05, 4.69) is 4.98 Å². The van der Waals surface area contributed by atoms with E-state index in [1.807, 2.05) is 31.2 Å². The number of ether oxygens (including phenoxy) is 1. The number of para-hydroxylation sites is 1. The molecule has 1 heterocycles. The molecule has 3 rings (SSSR count). The average molecular weight is 253 g/mol. The van der Waals surface area contributed by atoms with Crippen LogP contribution in [-0.2, 0) is 0 Å². The van der Waals surface area contributed by atoms with Gasteiger partial charge in [-0.2, -0.15) is 4.98 Å². The van der Waals surface area contributed by atoms with Crippen LogP contribution < -0.4 is 10.4 Å². The second-order valence-electron chi connectivity index (χ2n) is 4.20. The highest BCUT2D eigenvalue weighted by molar-refractivity contribution is 5.77. The van der Waals surface area contributed by atoms with Crippen molar-refractivity contribution in [2.45, 2.75) is 6.92 Å². The predicted molar refractivity (Wildman–Crippen MR) is 71.5 cm³/mol. The van der Waals surface area contributed by atoms with Gasteiger partial charge in [0, 0.05) is 0 Å². The summed E-state index contributed by atoms with van der Waals surface area (Å²) in [6, 6.07) is 14.5. The molecule has 3 aromatic rings. The van der Waals surface area contributed by atoms with E-state index in [1.165, 1.54) is 0 Å². The second kappa shape index (κ2) is 4.57. The Morgan fingerprint density at radius 1 is 1.11 bits per heavy atom. The highest BCUT2D eigenvalue weighted by Crippen LogP contribution is 2.20. The Kier molecular flexibility index (Phi) is 2.76. The molecule has 0 saturated heterocycles. The van der Waals surface area contributed by atoms with Gasteiger partial charge in [0.2, 0.25) is 0 Å². The molecule has 0 N–H and O–H groups in total. The van der Waals surface area contributed by atoms with Crippen molar-refractivity contribution >= 4 is 10.9 Å². The fourth-order valence-electron chi connectivity index (χ4n) is 1.80. The first-order valence-electron chi connectivity index (χ1n) is 5.87. The molecule has 0 spiro atoms. The molecule has 0 atom stereocenters. The lowest BCUT2D eigenvalue weighted by molar-refractivity contribution is 0.307. The van der Waals surface area contributed by atoms with Gasteiger partial charge in [-0.3, -0.25) is 0 Å². The summed E-state index contributed by atoms with van der Waals surface area (Å²) in [6.45, 7) is 1.91. The van der Waals surface area contributed by atoms with Crippen LogP contribution in [0.2, 0.25) is 0 Å². The van der Waals surface area contributed by atoms with Gasteiger partial charge in [-0.1, -0.05) is 29.8 Å². The van der Waals surface area contributed by atoms with Gasteiger partial charge in [-0.15, -0.1) is 0 Å². The van der Waals surface area contributed by atoms with E-state index in [4.69, 9.17) is 9.15 Å². The second-order valence-corrected chi connectivity index (χ2v) is 4.20. The SMILES string of the molecule is Cc1ccc2nc(Oc3ccccc3)oc(=O)c2c1. The minimum absolute atomic E-state index is 0.0486. The smallest absolute Gasteiger partial charge is 0.402 e. The Hall–Kier alpha value is -2.62. The summed E-state index contributed by atoms with van der Waals surface area (Å²) in [5.74, 6) is 0.574. The maximum Gasteiger partial charge on any atom is 0.402 e. The van der Waals surface area contributed by atoms with E-state index < -0.39 is 5.63 Å². The fraction of sp³-hybridized carbons (Fsp3) is 0.0667. The van der Waals surface area contributed by atoms with Crippen molar-refractivity contribution in [2.24, 2.45) is 0 Å². The molecule has 0 radical (unpaired) electrons. The van der Waals surface area contributed by atoms with Gasteiger partial charge >= 0.3 is 11.7 Å². The molecule has 4 heteroatoms. The Labute approximate surface area is 109 Å². The molecule has 94 valence electrons. The lowest BCUT2D eigenvalue weighted by Crippen LogP contribution is -2.03. The van der Waals surface area contributed by atoms with Crippen LogP contribution in [0.3, 0.4) is 0 Å². The van der Waals surface area contributed by atoms with Crippen LogP contribution in [-0.4, -0.2) is 4.98 Å². The number of hydrogen-bond donors (Lipinski definition) is 0. The first-order chi connectivity index (χ1) is 9.22. The molecule has 0 aliphatic heterocycles. The van der Waals surface area contributed by atoms with E-state index in [0.29, 0.717) is 16.7 Å². The Morgan fingerprint density at radius 2 is 1.89 bits per heavy atom. The zero-order valence-electron chi connectivity index (χ0n) is 10.3. The average Bonchev–Trinajstić information content (AvgIpc) is 2.41. The molecule has 0 aliphatic rings. The van der Waals surface area contributed by atoms with E-state index in [-0.39, 0.29) is 6.08 Å². The molecule has 0 amide bonds. The van der Waals surface area contributed by atoms with E-state index in [1.54, 1.807) is 24.3 Å². The maximum atomic E-state index is 11.9. The van der Waals surface area contributed by atoms with Gasteiger partial charge < -0.3 is 9.15 Å². The first-order valence-corrected chi connectivity index (χ1v) is 5.87. The number of aromatic nitrogens is 1. The molecule has 2 aromatic carbocycles. The third kappa shape index (κ3) is 2.33. The monoisotopic (exact) mass is 253 g/mol. The van der Waals surface area contributed by atoms with Crippen molar-refractivity contribution in [3.05, 3.63) is 64.5 Å². The summed E-state index contributed by atoms with van der Waals surface area (Å²) in [5, 5.41) is 0.459.